The van der Waals surface area contributed by atoms with Crippen LogP contribution < -0.4 is 5.32 Å². The minimum Gasteiger partial charge on any atom is -0.345 e. The number of amides is 3. The molecule has 0 spiro atoms. The molecule has 0 radical (unpaired) electrons. The minimum absolute atomic E-state index is 0.0274. The highest BCUT2D eigenvalue weighted by molar-refractivity contribution is 5.81. The summed E-state index contributed by atoms with van der Waals surface area (Å²) in [5.74, 6) is 0.177. The molecule has 1 N–H and O–H groups in total. The fraction of sp³-hybridized carbons (Fsp3) is 0.619. The Kier molecular flexibility index (Phi) is 6.53. The van der Waals surface area contributed by atoms with Crippen molar-refractivity contribution in [2.24, 2.45) is 5.92 Å². The number of fused-ring (bicyclic) bond motifs is 1. The maximum Gasteiger partial charge on any atom is 0.317 e. The molecule has 3 amide bonds. The van der Waals surface area contributed by atoms with Crippen LogP contribution in [-0.2, 0) is 11.3 Å². The minimum atomic E-state index is -0.0411. The molecule has 2 aliphatic rings. The van der Waals surface area contributed by atoms with E-state index in [0.29, 0.717) is 6.54 Å². The molecule has 26 heavy (non-hydrogen) atoms. The average Bonchev–Trinajstić information content (AvgIpc) is 3.13. The van der Waals surface area contributed by atoms with Gasteiger partial charge >= 0.3 is 6.03 Å². The highest BCUT2D eigenvalue weighted by Crippen LogP contribution is 2.32. The zero-order chi connectivity index (χ0) is 18.4. The van der Waals surface area contributed by atoms with Crippen molar-refractivity contribution in [3.8, 4) is 0 Å². The van der Waals surface area contributed by atoms with E-state index in [1.54, 1.807) is 0 Å². The second kappa shape index (κ2) is 9.06. The Balaban J connectivity index is 1.71. The van der Waals surface area contributed by atoms with Crippen LogP contribution in [0.5, 0.6) is 0 Å². The van der Waals surface area contributed by atoms with Gasteiger partial charge in [0.15, 0.2) is 0 Å². The zero-order valence-corrected chi connectivity index (χ0v) is 15.8. The van der Waals surface area contributed by atoms with E-state index in [9.17, 15) is 9.59 Å². The zero-order valence-electron chi connectivity index (χ0n) is 15.8. The third-order valence-corrected chi connectivity index (χ3v) is 5.76. The van der Waals surface area contributed by atoms with Crippen molar-refractivity contribution in [3.05, 3.63) is 35.9 Å². The van der Waals surface area contributed by atoms with Crippen molar-refractivity contribution in [3.63, 3.8) is 0 Å². The molecule has 1 aromatic rings. The van der Waals surface area contributed by atoms with E-state index in [1.807, 2.05) is 47.2 Å². The first-order valence-electron chi connectivity index (χ1n) is 10.00. The molecule has 5 heteroatoms. The molecule has 1 aliphatic heterocycles. The Bertz CT molecular complexity index is 605. The number of rotatable bonds is 2. The molecule has 1 heterocycles. The lowest BCUT2D eigenvalue weighted by Gasteiger charge is -2.34. The smallest absolute Gasteiger partial charge is 0.317 e. The number of nitrogens with zero attached hydrogens (tertiary/aromatic N) is 2. The first-order valence-corrected chi connectivity index (χ1v) is 10.00. The normalized spacial score (nSPS) is 24.7. The van der Waals surface area contributed by atoms with Crippen LogP contribution in [0, 0.1) is 5.92 Å². The maximum absolute atomic E-state index is 12.9. The number of benzene rings is 1. The third-order valence-electron chi connectivity index (χ3n) is 5.76. The SMILES string of the molecule is CN1CCCCCCN(C(=O)NCc2ccccc2)[C@H]2CCC[C@H]2C1=O. The van der Waals surface area contributed by atoms with Gasteiger partial charge in [-0.2, -0.15) is 0 Å². The van der Waals surface area contributed by atoms with Crippen molar-refractivity contribution >= 4 is 11.9 Å². The number of carbonyl (C=O) groups is 2. The number of carbonyl (C=O) groups excluding carboxylic acids is 2. The van der Waals surface area contributed by atoms with Crippen molar-refractivity contribution in [2.45, 2.75) is 57.5 Å². The van der Waals surface area contributed by atoms with Crippen LogP contribution in [0.1, 0.15) is 50.5 Å². The van der Waals surface area contributed by atoms with Crippen LogP contribution in [0.15, 0.2) is 30.3 Å². The number of hydrogen-bond donors (Lipinski definition) is 1. The molecule has 5 nitrogen and oxygen atoms in total. The van der Waals surface area contributed by atoms with Gasteiger partial charge in [0, 0.05) is 32.7 Å². The van der Waals surface area contributed by atoms with Gasteiger partial charge in [0.25, 0.3) is 0 Å². The first kappa shape index (κ1) is 18.7. The lowest BCUT2D eigenvalue weighted by atomic mass is 10.00. The largest absolute Gasteiger partial charge is 0.345 e. The van der Waals surface area contributed by atoms with Crippen LogP contribution in [0.4, 0.5) is 4.79 Å². The average molecular weight is 357 g/mol. The molecule has 0 aromatic heterocycles. The highest BCUT2D eigenvalue weighted by atomic mass is 16.2. The van der Waals surface area contributed by atoms with Gasteiger partial charge in [0.1, 0.15) is 0 Å². The van der Waals surface area contributed by atoms with Crippen molar-refractivity contribution in [1.82, 2.24) is 15.1 Å². The Labute approximate surface area is 156 Å². The number of nitrogens with one attached hydrogen (secondary N) is 1. The molecule has 3 rings (SSSR count). The van der Waals surface area contributed by atoms with E-state index >= 15 is 0 Å². The molecule has 1 saturated carbocycles. The molecule has 1 saturated heterocycles. The summed E-state index contributed by atoms with van der Waals surface area (Å²) in [7, 11) is 1.91. The Morgan fingerprint density at radius 3 is 2.54 bits per heavy atom. The fourth-order valence-electron chi connectivity index (χ4n) is 4.27. The van der Waals surface area contributed by atoms with Crippen molar-refractivity contribution in [1.29, 1.82) is 0 Å². The summed E-state index contributed by atoms with van der Waals surface area (Å²) in [4.78, 5) is 29.7. The molecule has 0 unspecified atom stereocenters. The standard InChI is InChI=1S/C21H31N3O2/c1-23-14-7-2-3-8-15-24(19-13-9-12-18(19)20(23)25)21(26)22-16-17-10-5-4-6-11-17/h4-6,10-11,18-19H,2-3,7-9,12-16H2,1H3,(H,22,26)/t18-,19+/m1/s1. The number of urea groups is 1. The van der Waals surface area contributed by atoms with E-state index in [4.69, 9.17) is 0 Å². The van der Waals surface area contributed by atoms with Gasteiger partial charge in [-0.05, 0) is 31.2 Å². The van der Waals surface area contributed by atoms with Crippen LogP contribution in [0.3, 0.4) is 0 Å². The van der Waals surface area contributed by atoms with Crippen LogP contribution in [0.2, 0.25) is 0 Å². The van der Waals surface area contributed by atoms with Crippen LogP contribution in [0.25, 0.3) is 0 Å². The summed E-state index contributed by atoms with van der Waals surface area (Å²) in [6.45, 7) is 2.11. The topological polar surface area (TPSA) is 52.6 Å². The predicted octanol–water partition coefficient (Wildman–Crippen LogP) is 3.40. The monoisotopic (exact) mass is 357 g/mol. The molecule has 1 aliphatic carbocycles. The Morgan fingerprint density at radius 2 is 1.77 bits per heavy atom. The van der Waals surface area contributed by atoms with Gasteiger partial charge in [-0.25, -0.2) is 4.79 Å². The van der Waals surface area contributed by atoms with E-state index in [1.165, 1.54) is 0 Å². The molecular weight excluding hydrogens is 326 g/mol. The molecule has 2 atom stereocenters. The van der Waals surface area contributed by atoms with Crippen LogP contribution >= 0.6 is 0 Å². The molecule has 1 aromatic carbocycles. The summed E-state index contributed by atoms with van der Waals surface area (Å²) < 4.78 is 0. The fourth-order valence-corrected chi connectivity index (χ4v) is 4.27. The summed E-state index contributed by atoms with van der Waals surface area (Å²) in [6, 6.07) is 9.99. The van der Waals surface area contributed by atoms with Gasteiger partial charge in [0.05, 0.1) is 5.92 Å². The maximum atomic E-state index is 12.9. The summed E-state index contributed by atoms with van der Waals surface area (Å²) in [5.41, 5.74) is 1.09. The van der Waals surface area contributed by atoms with Crippen molar-refractivity contribution < 1.29 is 9.59 Å². The lowest BCUT2D eigenvalue weighted by molar-refractivity contribution is -0.135. The van der Waals surface area contributed by atoms with Gasteiger partial charge in [-0.3, -0.25) is 4.79 Å². The third kappa shape index (κ3) is 4.57. The second-order valence-electron chi connectivity index (χ2n) is 7.62. The summed E-state index contributed by atoms with van der Waals surface area (Å²) in [5, 5.41) is 3.07. The van der Waals surface area contributed by atoms with Gasteiger partial charge in [-0.1, -0.05) is 49.6 Å². The summed E-state index contributed by atoms with van der Waals surface area (Å²) >= 11 is 0. The highest BCUT2D eigenvalue weighted by Gasteiger charge is 2.39. The van der Waals surface area contributed by atoms with E-state index in [-0.39, 0.29) is 23.9 Å². The van der Waals surface area contributed by atoms with Crippen molar-refractivity contribution in [2.75, 3.05) is 20.1 Å². The Hall–Kier alpha value is -2.04. The van der Waals surface area contributed by atoms with Gasteiger partial charge in [-0.15, -0.1) is 0 Å². The molecule has 2 fully saturated rings. The second-order valence-corrected chi connectivity index (χ2v) is 7.62. The van der Waals surface area contributed by atoms with Crippen LogP contribution in [-0.4, -0.2) is 47.9 Å². The number of hydrogen-bond acceptors (Lipinski definition) is 2. The molecule has 142 valence electrons. The quantitative estimate of drug-likeness (QED) is 0.882. The van der Waals surface area contributed by atoms with Gasteiger partial charge in [0.2, 0.25) is 5.91 Å². The molecular formula is C21H31N3O2. The van der Waals surface area contributed by atoms with E-state index in [2.05, 4.69) is 5.32 Å². The molecule has 0 bridgehead atoms. The predicted molar refractivity (Wildman–Crippen MR) is 103 cm³/mol. The first-order chi connectivity index (χ1) is 12.7. The Morgan fingerprint density at radius 1 is 1.04 bits per heavy atom. The van der Waals surface area contributed by atoms with E-state index in [0.717, 1.165) is 63.6 Å². The van der Waals surface area contributed by atoms with E-state index < -0.39 is 0 Å². The lowest BCUT2D eigenvalue weighted by Crippen LogP contribution is -2.50. The summed E-state index contributed by atoms with van der Waals surface area (Å²) in [6.07, 6.45) is 7.16. The van der Waals surface area contributed by atoms with Gasteiger partial charge < -0.3 is 15.1 Å².